The van der Waals surface area contributed by atoms with Crippen LogP contribution in [0.1, 0.15) is 5.56 Å². The number of nitrogens with zero attached hydrogens (tertiary/aromatic N) is 1. The number of hydrogen-bond acceptors (Lipinski definition) is 1. The molecule has 1 atom stereocenters. The highest BCUT2D eigenvalue weighted by Crippen LogP contribution is 2.46. The fourth-order valence-electron chi connectivity index (χ4n) is 6.37. The highest BCUT2D eigenvalue weighted by Gasteiger charge is 2.22. The van der Waals surface area contributed by atoms with E-state index in [1.165, 1.54) is 60.1 Å². The molecule has 39 heavy (non-hydrogen) atoms. The third kappa shape index (κ3) is 3.44. The molecule has 1 unspecified atom stereocenters. The van der Waals surface area contributed by atoms with Crippen LogP contribution in [0.4, 0.5) is 0 Å². The summed E-state index contributed by atoms with van der Waals surface area (Å²) in [6.45, 7) is 0. The van der Waals surface area contributed by atoms with Crippen molar-refractivity contribution < 1.29 is 0 Å². The van der Waals surface area contributed by atoms with Gasteiger partial charge in [0.1, 0.15) is 0 Å². The normalized spacial score (nSPS) is 16.1. The molecule has 1 aliphatic heterocycles. The summed E-state index contributed by atoms with van der Waals surface area (Å²) in [4.78, 5) is 5.02. The zero-order valence-electron chi connectivity index (χ0n) is 21.4. The predicted octanol–water partition coefficient (Wildman–Crippen LogP) is 10.0. The monoisotopic (exact) mass is 495 g/mol. The number of hydrogen-bond donors (Lipinski definition) is 0. The summed E-state index contributed by atoms with van der Waals surface area (Å²) in [5, 5.41) is 7.58. The van der Waals surface area contributed by atoms with Crippen molar-refractivity contribution in [3.63, 3.8) is 0 Å². The molecular weight excluding hydrogens is 470 g/mol. The van der Waals surface area contributed by atoms with E-state index in [1.807, 2.05) is 0 Å². The van der Waals surface area contributed by atoms with E-state index in [2.05, 4.69) is 146 Å². The topological polar surface area (TPSA) is 12.4 Å². The van der Waals surface area contributed by atoms with Gasteiger partial charge in [0.15, 0.2) is 0 Å². The Labute approximate surface area is 227 Å². The van der Waals surface area contributed by atoms with Crippen molar-refractivity contribution in [1.29, 1.82) is 0 Å². The largest absolute Gasteiger partial charge is 0.252 e. The van der Waals surface area contributed by atoms with E-state index in [0.717, 1.165) is 11.4 Å². The zero-order valence-corrected chi connectivity index (χ0v) is 21.4. The van der Waals surface area contributed by atoms with Crippen molar-refractivity contribution in [3.8, 4) is 22.3 Å². The maximum atomic E-state index is 5.02. The lowest BCUT2D eigenvalue weighted by molar-refractivity contribution is 1.17. The number of benzene rings is 6. The molecule has 0 radical (unpaired) electrons. The average Bonchev–Trinajstić information content (AvgIpc) is 3.44. The zero-order chi connectivity index (χ0) is 25.8. The van der Waals surface area contributed by atoms with Crippen LogP contribution >= 0.6 is 0 Å². The third-order valence-corrected chi connectivity index (χ3v) is 8.09. The molecule has 6 aromatic rings. The highest BCUT2D eigenvalue weighted by molar-refractivity contribution is 6.24. The molecule has 0 saturated heterocycles. The second-order valence-corrected chi connectivity index (χ2v) is 10.3. The Kier molecular flexibility index (Phi) is 4.96. The Morgan fingerprint density at radius 2 is 1.00 bits per heavy atom. The second kappa shape index (κ2) is 8.79. The van der Waals surface area contributed by atoms with Gasteiger partial charge in [-0.05, 0) is 66.7 Å². The molecule has 1 heteroatoms. The van der Waals surface area contributed by atoms with Crippen molar-refractivity contribution in [2.45, 2.75) is 0 Å². The lowest BCUT2D eigenvalue weighted by Crippen LogP contribution is -2.04. The Balaban J connectivity index is 1.44. The molecule has 182 valence electrons. The lowest BCUT2D eigenvalue weighted by atomic mass is 9.84. The van der Waals surface area contributed by atoms with Crippen LogP contribution in [0, 0.1) is 5.92 Å². The van der Waals surface area contributed by atoms with Crippen molar-refractivity contribution in [1.82, 2.24) is 0 Å². The number of aliphatic imine (C=N–C) groups is 1. The molecule has 1 aliphatic carbocycles. The Morgan fingerprint density at radius 3 is 1.64 bits per heavy atom. The standard InChI is InChI=1S/C38H25N/c1-2-12-25(13-3-1)37-30-17-7-9-19-32(30)38(33-20-10-8-18-31(33)37)34-23-22-29(27-15-5-6-16-28(27)34)36-24-26-14-4-11-21-35(26)39-36/h1-24,26H. The van der Waals surface area contributed by atoms with E-state index in [1.54, 1.807) is 0 Å². The van der Waals surface area contributed by atoms with Gasteiger partial charge in [-0.1, -0.05) is 133 Å². The third-order valence-electron chi connectivity index (χ3n) is 8.09. The van der Waals surface area contributed by atoms with Crippen LogP contribution in [0.5, 0.6) is 0 Å². The van der Waals surface area contributed by atoms with E-state index in [0.29, 0.717) is 0 Å². The lowest BCUT2D eigenvalue weighted by Gasteiger charge is -2.19. The fourth-order valence-corrected chi connectivity index (χ4v) is 6.37. The first-order valence-corrected chi connectivity index (χ1v) is 13.5. The Hall–Kier alpha value is -5.01. The smallest absolute Gasteiger partial charge is 0.0681 e. The summed E-state index contributed by atoms with van der Waals surface area (Å²) >= 11 is 0. The van der Waals surface area contributed by atoms with Gasteiger partial charge in [-0.2, -0.15) is 0 Å². The SMILES string of the molecule is C1=CC2=NC(c3ccc(-c4c5ccccc5c(-c5ccccc5)c5ccccc45)c4ccccc34)=CC2C=C1. The van der Waals surface area contributed by atoms with Gasteiger partial charge < -0.3 is 0 Å². The molecule has 1 heterocycles. The minimum Gasteiger partial charge on any atom is -0.252 e. The van der Waals surface area contributed by atoms with Crippen LogP contribution in [0.25, 0.3) is 60.3 Å². The molecule has 6 aromatic carbocycles. The van der Waals surface area contributed by atoms with Crippen LogP contribution < -0.4 is 0 Å². The van der Waals surface area contributed by atoms with Crippen molar-refractivity contribution in [2.24, 2.45) is 10.9 Å². The second-order valence-electron chi connectivity index (χ2n) is 10.3. The van der Waals surface area contributed by atoms with Gasteiger partial charge in [-0.15, -0.1) is 0 Å². The van der Waals surface area contributed by atoms with Gasteiger partial charge in [0.2, 0.25) is 0 Å². The van der Waals surface area contributed by atoms with Gasteiger partial charge in [0.05, 0.1) is 11.4 Å². The number of rotatable bonds is 3. The first kappa shape index (κ1) is 22.0. The summed E-state index contributed by atoms with van der Waals surface area (Å²) in [6.07, 6.45) is 10.8. The first-order chi connectivity index (χ1) is 19.4. The van der Waals surface area contributed by atoms with Crippen molar-refractivity contribution in [3.05, 3.63) is 151 Å². The van der Waals surface area contributed by atoms with Gasteiger partial charge in [-0.25, -0.2) is 0 Å². The predicted molar refractivity (Wildman–Crippen MR) is 167 cm³/mol. The molecule has 2 aliphatic rings. The molecule has 0 N–H and O–H groups in total. The van der Waals surface area contributed by atoms with Crippen LogP contribution in [-0.2, 0) is 0 Å². The Bertz CT molecular complexity index is 2000. The number of fused-ring (bicyclic) bond motifs is 4. The first-order valence-electron chi connectivity index (χ1n) is 13.5. The molecule has 0 amide bonds. The van der Waals surface area contributed by atoms with Crippen molar-refractivity contribution >= 4 is 43.7 Å². The molecule has 0 aromatic heterocycles. The molecule has 0 fully saturated rings. The van der Waals surface area contributed by atoms with E-state index in [4.69, 9.17) is 4.99 Å². The summed E-state index contributed by atoms with van der Waals surface area (Å²) in [5.41, 5.74) is 8.44. The van der Waals surface area contributed by atoms with E-state index >= 15 is 0 Å². The minimum absolute atomic E-state index is 0.266. The maximum Gasteiger partial charge on any atom is 0.0681 e. The van der Waals surface area contributed by atoms with E-state index in [9.17, 15) is 0 Å². The van der Waals surface area contributed by atoms with Gasteiger partial charge in [0.25, 0.3) is 0 Å². The van der Waals surface area contributed by atoms with E-state index in [-0.39, 0.29) is 5.92 Å². The maximum absolute atomic E-state index is 5.02. The molecule has 0 spiro atoms. The number of allylic oxidation sites excluding steroid dienone is 5. The molecular formula is C38H25N. The van der Waals surface area contributed by atoms with Crippen LogP contribution in [0.3, 0.4) is 0 Å². The highest BCUT2D eigenvalue weighted by atomic mass is 14.8. The molecule has 8 rings (SSSR count). The van der Waals surface area contributed by atoms with Crippen molar-refractivity contribution in [2.75, 3.05) is 0 Å². The van der Waals surface area contributed by atoms with Gasteiger partial charge >= 0.3 is 0 Å². The summed E-state index contributed by atoms with van der Waals surface area (Å²) in [5.74, 6) is 0.266. The summed E-state index contributed by atoms with van der Waals surface area (Å²) in [7, 11) is 0. The molecule has 0 bridgehead atoms. The van der Waals surface area contributed by atoms with Gasteiger partial charge in [0, 0.05) is 11.5 Å². The summed E-state index contributed by atoms with van der Waals surface area (Å²) < 4.78 is 0. The van der Waals surface area contributed by atoms with Crippen LogP contribution in [0.2, 0.25) is 0 Å². The quantitative estimate of drug-likeness (QED) is 0.217. The molecule has 1 nitrogen and oxygen atoms in total. The fraction of sp³-hybridized carbons (Fsp3) is 0.0263. The molecule has 0 saturated carbocycles. The van der Waals surface area contributed by atoms with Crippen LogP contribution in [-0.4, -0.2) is 5.71 Å². The van der Waals surface area contributed by atoms with Crippen LogP contribution in [0.15, 0.2) is 151 Å². The average molecular weight is 496 g/mol. The minimum atomic E-state index is 0.266. The Morgan fingerprint density at radius 1 is 0.462 bits per heavy atom. The van der Waals surface area contributed by atoms with E-state index < -0.39 is 0 Å². The van der Waals surface area contributed by atoms with Gasteiger partial charge in [-0.3, -0.25) is 4.99 Å². The summed E-state index contributed by atoms with van der Waals surface area (Å²) in [6, 6.07) is 41.9.